The van der Waals surface area contributed by atoms with E-state index in [0.29, 0.717) is 24.7 Å². The minimum Gasteiger partial charge on any atom is -0.347 e. The Morgan fingerprint density at radius 1 is 1.30 bits per heavy atom. The normalized spacial score (nSPS) is 16.6. The van der Waals surface area contributed by atoms with Gasteiger partial charge in [-0.25, -0.2) is 9.97 Å². The monoisotopic (exact) mass is 299 g/mol. The largest absolute Gasteiger partial charge is 0.347 e. The Labute approximate surface area is 120 Å². The summed E-state index contributed by atoms with van der Waals surface area (Å²) in [5.41, 5.74) is 1.49. The van der Waals surface area contributed by atoms with Gasteiger partial charge in [0.05, 0.1) is 12.2 Å². The minimum absolute atomic E-state index is 0.184. The van der Waals surface area contributed by atoms with Gasteiger partial charge in [-0.15, -0.1) is 0 Å². The Bertz CT molecular complexity index is 567. The molecule has 1 aromatic heterocycles. The molecule has 8 heteroatoms. The molecule has 2 heterocycles. The van der Waals surface area contributed by atoms with Crippen LogP contribution in [0.15, 0.2) is 6.07 Å². The molecule has 20 heavy (non-hydrogen) atoms. The number of aryl methyl sites for hydroxylation is 1. The third-order valence-corrected chi connectivity index (χ3v) is 4.69. The fourth-order valence-electron chi connectivity index (χ4n) is 2.09. The molecule has 1 aliphatic heterocycles. The third-order valence-electron chi connectivity index (χ3n) is 3.14. The van der Waals surface area contributed by atoms with Gasteiger partial charge in [0.1, 0.15) is 0 Å². The zero-order valence-corrected chi connectivity index (χ0v) is 12.9. The highest BCUT2D eigenvalue weighted by Gasteiger charge is 2.24. The molecule has 112 valence electrons. The predicted octanol–water partition coefficient (Wildman–Crippen LogP) is 0.281. The van der Waals surface area contributed by atoms with Gasteiger partial charge in [-0.05, 0) is 25.8 Å². The van der Waals surface area contributed by atoms with Crippen LogP contribution in [0.25, 0.3) is 0 Å². The van der Waals surface area contributed by atoms with E-state index in [4.69, 9.17) is 0 Å². The molecule has 0 atom stereocenters. The first-order valence-corrected chi connectivity index (χ1v) is 8.09. The minimum atomic E-state index is -3.39. The van der Waals surface area contributed by atoms with Crippen LogP contribution in [0.2, 0.25) is 0 Å². The van der Waals surface area contributed by atoms with Gasteiger partial charge in [0, 0.05) is 32.9 Å². The number of anilines is 1. The molecular weight excluding hydrogens is 278 g/mol. The maximum atomic E-state index is 12.1. The van der Waals surface area contributed by atoms with E-state index in [1.54, 1.807) is 11.0 Å². The molecule has 1 N–H and O–H groups in total. The van der Waals surface area contributed by atoms with E-state index in [2.05, 4.69) is 14.7 Å². The van der Waals surface area contributed by atoms with Crippen molar-refractivity contribution in [2.75, 3.05) is 32.1 Å². The van der Waals surface area contributed by atoms with Crippen molar-refractivity contribution in [3.05, 3.63) is 17.5 Å². The Morgan fingerprint density at radius 2 is 1.95 bits per heavy atom. The first-order chi connectivity index (χ1) is 9.38. The van der Waals surface area contributed by atoms with Gasteiger partial charge in [-0.2, -0.15) is 17.4 Å². The Kier molecular flexibility index (Phi) is 4.56. The molecule has 0 bridgehead atoms. The van der Waals surface area contributed by atoms with Crippen LogP contribution in [-0.2, 0) is 16.8 Å². The number of nitrogens with one attached hydrogen (secondary N) is 1. The van der Waals surface area contributed by atoms with E-state index in [-0.39, 0.29) is 6.54 Å². The fourth-order valence-corrected chi connectivity index (χ4v) is 3.34. The van der Waals surface area contributed by atoms with Crippen LogP contribution in [0.3, 0.4) is 0 Å². The van der Waals surface area contributed by atoms with Crippen LogP contribution >= 0.6 is 0 Å². The number of rotatable bonds is 5. The highest BCUT2D eigenvalue weighted by molar-refractivity contribution is 7.87. The summed E-state index contributed by atoms with van der Waals surface area (Å²) in [6.45, 7) is 3.25. The van der Waals surface area contributed by atoms with Gasteiger partial charge in [0.15, 0.2) is 0 Å². The maximum Gasteiger partial charge on any atom is 0.279 e. The number of aromatic nitrogens is 2. The third kappa shape index (κ3) is 3.65. The number of hydrogen-bond donors (Lipinski definition) is 1. The van der Waals surface area contributed by atoms with E-state index in [1.807, 2.05) is 21.0 Å². The lowest BCUT2D eigenvalue weighted by Crippen LogP contribution is -2.38. The van der Waals surface area contributed by atoms with Crippen LogP contribution in [0, 0.1) is 6.92 Å². The number of hydrogen-bond acceptors (Lipinski definition) is 5. The van der Waals surface area contributed by atoms with E-state index in [1.165, 1.54) is 4.31 Å². The van der Waals surface area contributed by atoms with Gasteiger partial charge < -0.3 is 4.90 Å². The lowest BCUT2D eigenvalue weighted by Gasteiger charge is -2.17. The summed E-state index contributed by atoms with van der Waals surface area (Å²) in [6.07, 6.45) is 1.86. The summed E-state index contributed by atoms with van der Waals surface area (Å²) in [5.74, 6) is 0.584. The zero-order chi connectivity index (χ0) is 14.8. The average molecular weight is 299 g/mol. The van der Waals surface area contributed by atoms with Crippen molar-refractivity contribution >= 4 is 16.2 Å². The molecule has 0 unspecified atom stereocenters. The van der Waals surface area contributed by atoms with Gasteiger partial charge in [0.25, 0.3) is 10.2 Å². The summed E-state index contributed by atoms with van der Waals surface area (Å²) in [4.78, 5) is 10.4. The second-order valence-corrected chi connectivity index (χ2v) is 6.88. The Morgan fingerprint density at radius 3 is 2.55 bits per heavy atom. The second kappa shape index (κ2) is 6.02. The fraction of sp³-hybridized carbons (Fsp3) is 0.667. The second-order valence-electron chi connectivity index (χ2n) is 5.13. The molecule has 0 saturated carbocycles. The quantitative estimate of drug-likeness (QED) is 0.845. The van der Waals surface area contributed by atoms with Crippen molar-refractivity contribution in [1.82, 2.24) is 19.0 Å². The molecule has 1 fully saturated rings. The van der Waals surface area contributed by atoms with E-state index < -0.39 is 10.2 Å². The predicted molar refractivity (Wildman–Crippen MR) is 77.7 cm³/mol. The van der Waals surface area contributed by atoms with Crippen molar-refractivity contribution < 1.29 is 8.42 Å². The van der Waals surface area contributed by atoms with Gasteiger partial charge in [-0.3, -0.25) is 0 Å². The van der Waals surface area contributed by atoms with Gasteiger partial charge in [-0.1, -0.05) is 0 Å². The molecule has 0 spiro atoms. The van der Waals surface area contributed by atoms with Crippen LogP contribution in [-0.4, -0.2) is 49.9 Å². The Hall–Kier alpha value is -1.25. The first kappa shape index (κ1) is 15.1. The molecule has 1 saturated heterocycles. The first-order valence-electron chi connectivity index (χ1n) is 6.65. The van der Waals surface area contributed by atoms with Crippen molar-refractivity contribution in [2.45, 2.75) is 26.3 Å². The summed E-state index contributed by atoms with van der Waals surface area (Å²) in [5, 5.41) is 0. The van der Waals surface area contributed by atoms with E-state index in [9.17, 15) is 8.42 Å². The molecule has 1 aromatic rings. The molecule has 0 radical (unpaired) electrons. The molecular formula is C12H21N5O2S. The number of nitrogens with zero attached hydrogens (tertiary/aromatic N) is 4. The van der Waals surface area contributed by atoms with Crippen molar-refractivity contribution in [3.8, 4) is 0 Å². The lowest BCUT2D eigenvalue weighted by atomic mass is 10.3. The highest BCUT2D eigenvalue weighted by Crippen LogP contribution is 2.12. The molecule has 0 aromatic carbocycles. The Balaban J connectivity index is 2.07. The highest BCUT2D eigenvalue weighted by atomic mass is 32.2. The summed E-state index contributed by atoms with van der Waals surface area (Å²) >= 11 is 0. The van der Waals surface area contributed by atoms with E-state index in [0.717, 1.165) is 18.5 Å². The summed E-state index contributed by atoms with van der Waals surface area (Å²) in [6, 6.07) is 1.79. The van der Waals surface area contributed by atoms with Crippen LogP contribution in [0.4, 0.5) is 5.95 Å². The average Bonchev–Trinajstić information content (AvgIpc) is 2.90. The molecule has 0 amide bonds. The van der Waals surface area contributed by atoms with Crippen LogP contribution in [0.5, 0.6) is 0 Å². The van der Waals surface area contributed by atoms with Crippen molar-refractivity contribution in [2.24, 2.45) is 0 Å². The van der Waals surface area contributed by atoms with Crippen LogP contribution in [0.1, 0.15) is 24.2 Å². The molecule has 2 rings (SSSR count). The molecule has 1 aliphatic rings. The smallest absolute Gasteiger partial charge is 0.279 e. The zero-order valence-electron chi connectivity index (χ0n) is 12.1. The molecule has 7 nitrogen and oxygen atoms in total. The lowest BCUT2D eigenvalue weighted by molar-refractivity contribution is 0.464. The standard InChI is InChI=1S/C12H21N5O2S/c1-10-8-11(15-12(14-10)16(2)3)9-13-20(18,19)17-6-4-5-7-17/h8,13H,4-7,9H2,1-3H3. The van der Waals surface area contributed by atoms with E-state index >= 15 is 0 Å². The molecule has 0 aliphatic carbocycles. The van der Waals surface area contributed by atoms with Gasteiger partial charge >= 0.3 is 0 Å². The topological polar surface area (TPSA) is 78.4 Å². The summed E-state index contributed by atoms with van der Waals surface area (Å²) < 4.78 is 28.2. The van der Waals surface area contributed by atoms with Crippen molar-refractivity contribution in [3.63, 3.8) is 0 Å². The van der Waals surface area contributed by atoms with Gasteiger partial charge in [0.2, 0.25) is 5.95 Å². The van der Waals surface area contributed by atoms with Crippen molar-refractivity contribution in [1.29, 1.82) is 0 Å². The SMILES string of the molecule is Cc1cc(CNS(=O)(=O)N2CCCC2)nc(N(C)C)n1. The maximum absolute atomic E-state index is 12.1. The summed E-state index contributed by atoms with van der Waals surface area (Å²) in [7, 11) is 0.313. The van der Waals surface area contributed by atoms with Crippen LogP contribution < -0.4 is 9.62 Å².